The molecule has 1 N–H and O–H groups in total. The minimum atomic E-state index is -0.0959. The van der Waals surface area contributed by atoms with Gasteiger partial charge in [-0.15, -0.1) is 0 Å². The monoisotopic (exact) mass is 324 g/mol. The fraction of sp³-hybridized carbons (Fsp3) is 0.450. The zero-order chi connectivity index (χ0) is 16.4. The van der Waals surface area contributed by atoms with E-state index >= 15 is 0 Å². The van der Waals surface area contributed by atoms with Gasteiger partial charge in [0.2, 0.25) is 0 Å². The molecule has 0 atom stereocenters. The lowest BCUT2D eigenvalue weighted by Crippen LogP contribution is -2.46. The van der Waals surface area contributed by atoms with E-state index in [0.717, 1.165) is 32.5 Å². The number of carbonyl (C=O) groups excluding carboxylic acids is 1. The number of hydrogen-bond donors (Lipinski definition) is 1. The maximum atomic E-state index is 12.1. The zero-order valence-electron chi connectivity index (χ0n) is 13.9. The van der Waals surface area contributed by atoms with Crippen LogP contribution in [0.5, 0.6) is 0 Å². The molecule has 0 unspecified atom stereocenters. The minimum Gasteiger partial charge on any atom is -0.459 e. The van der Waals surface area contributed by atoms with E-state index in [1.165, 1.54) is 24.7 Å². The van der Waals surface area contributed by atoms with E-state index < -0.39 is 0 Å². The molecule has 2 aliphatic rings. The van der Waals surface area contributed by atoms with Gasteiger partial charge in [-0.05, 0) is 43.4 Å². The maximum absolute atomic E-state index is 12.1. The molecule has 2 aromatic rings. The van der Waals surface area contributed by atoms with Crippen LogP contribution in [0.15, 0.2) is 53.1 Å². The van der Waals surface area contributed by atoms with Gasteiger partial charge in [0.15, 0.2) is 5.76 Å². The summed E-state index contributed by atoms with van der Waals surface area (Å²) in [5.41, 5.74) is 1.86. The number of furan rings is 1. The number of nitrogens with one attached hydrogen (secondary N) is 1. The first-order valence-corrected chi connectivity index (χ1v) is 8.87. The second kappa shape index (κ2) is 6.44. The van der Waals surface area contributed by atoms with Crippen LogP contribution >= 0.6 is 0 Å². The number of nitrogens with zero attached hydrogens (tertiary/aromatic N) is 1. The molecule has 24 heavy (non-hydrogen) atoms. The van der Waals surface area contributed by atoms with Gasteiger partial charge in [0.05, 0.1) is 6.26 Å². The number of benzene rings is 1. The summed E-state index contributed by atoms with van der Waals surface area (Å²) < 4.78 is 5.16. The van der Waals surface area contributed by atoms with Gasteiger partial charge in [-0.25, -0.2) is 0 Å². The Balaban J connectivity index is 1.28. The number of rotatable bonds is 5. The third-order valence-electron chi connectivity index (χ3n) is 5.43. The van der Waals surface area contributed by atoms with Crippen LogP contribution < -0.4 is 5.32 Å². The van der Waals surface area contributed by atoms with Crippen molar-refractivity contribution in [1.29, 1.82) is 0 Å². The Bertz CT molecular complexity index is 669. The summed E-state index contributed by atoms with van der Waals surface area (Å²) >= 11 is 0. The zero-order valence-corrected chi connectivity index (χ0v) is 13.9. The Hall–Kier alpha value is -2.07. The molecule has 0 bridgehead atoms. The highest BCUT2D eigenvalue weighted by Gasteiger charge is 2.45. The second-order valence-electron chi connectivity index (χ2n) is 7.15. The summed E-state index contributed by atoms with van der Waals surface area (Å²) in [5.74, 6) is 0.305. The number of piperidine rings is 1. The molecule has 1 amide bonds. The standard InChI is InChI=1S/C20H24N2O2/c23-19(18-7-4-14-24-18)21-17-8-12-22(13-9-17)15-20(10-11-20)16-5-2-1-3-6-16/h1-7,14,17H,8-13,15H2,(H,21,23). The fourth-order valence-electron chi connectivity index (χ4n) is 3.81. The molecular weight excluding hydrogens is 300 g/mol. The lowest BCUT2D eigenvalue weighted by molar-refractivity contribution is 0.0880. The van der Waals surface area contributed by atoms with Crippen molar-refractivity contribution in [3.63, 3.8) is 0 Å². The maximum Gasteiger partial charge on any atom is 0.287 e. The number of carbonyl (C=O) groups is 1. The molecule has 2 fully saturated rings. The van der Waals surface area contributed by atoms with Crippen LogP contribution in [0.25, 0.3) is 0 Å². The summed E-state index contributed by atoms with van der Waals surface area (Å²) in [6.07, 6.45) is 6.16. The van der Waals surface area contributed by atoms with Crippen LogP contribution in [0.4, 0.5) is 0 Å². The van der Waals surface area contributed by atoms with Crippen molar-refractivity contribution in [2.75, 3.05) is 19.6 Å². The van der Waals surface area contributed by atoms with Crippen molar-refractivity contribution in [2.24, 2.45) is 0 Å². The third kappa shape index (κ3) is 3.24. The lowest BCUT2D eigenvalue weighted by Gasteiger charge is -2.34. The van der Waals surface area contributed by atoms with Crippen molar-refractivity contribution >= 4 is 5.91 Å². The van der Waals surface area contributed by atoms with Crippen molar-refractivity contribution in [3.8, 4) is 0 Å². The van der Waals surface area contributed by atoms with E-state index in [1.807, 2.05) is 0 Å². The van der Waals surface area contributed by atoms with E-state index in [2.05, 4.69) is 40.5 Å². The van der Waals surface area contributed by atoms with E-state index in [9.17, 15) is 4.79 Å². The number of amides is 1. The Morgan fingerprint density at radius 2 is 1.88 bits per heavy atom. The summed E-state index contributed by atoms with van der Waals surface area (Å²) in [4.78, 5) is 14.6. The first-order chi connectivity index (χ1) is 11.8. The normalized spacial score (nSPS) is 20.7. The molecule has 1 aromatic heterocycles. The van der Waals surface area contributed by atoms with Gasteiger partial charge in [0.1, 0.15) is 0 Å². The van der Waals surface area contributed by atoms with E-state index in [1.54, 1.807) is 12.1 Å². The average molecular weight is 324 g/mol. The highest BCUT2D eigenvalue weighted by molar-refractivity contribution is 5.91. The van der Waals surface area contributed by atoms with Gasteiger partial charge in [-0.2, -0.15) is 0 Å². The van der Waals surface area contributed by atoms with Crippen molar-refractivity contribution in [2.45, 2.75) is 37.1 Å². The summed E-state index contributed by atoms with van der Waals surface area (Å²) in [5, 5.41) is 3.09. The predicted molar refractivity (Wildman–Crippen MR) is 93.0 cm³/mol. The first-order valence-electron chi connectivity index (χ1n) is 8.87. The molecule has 2 heterocycles. The van der Waals surface area contributed by atoms with Gasteiger partial charge in [-0.1, -0.05) is 30.3 Å². The summed E-state index contributed by atoms with van der Waals surface area (Å²) in [6, 6.07) is 14.6. The highest BCUT2D eigenvalue weighted by Crippen LogP contribution is 2.48. The molecule has 4 nitrogen and oxygen atoms in total. The Kier molecular flexibility index (Phi) is 4.15. The average Bonchev–Trinajstić information content (AvgIpc) is 3.19. The minimum absolute atomic E-state index is 0.0959. The van der Waals surface area contributed by atoms with E-state index in [0.29, 0.717) is 11.2 Å². The first kappa shape index (κ1) is 15.5. The summed E-state index contributed by atoms with van der Waals surface area (Å²) in [6.45, 7) is 3.26. The molecule has 126 valence electrons. The molecule has 0 spiro atoms. The molecule has 1 aliphatic carbocycles. The fourth-order valence-corrected chi connectivity index (χ4v) is 3.81. The van der Waals surface area contributed by atoms with Crippen LogP contribution in [0.2, 0.25) is 0 Å². The molecule has 1 saturated heterocycles. The van der Waals surface area contributed by atoms with Gasteiger partial charge in [0, 0.05) is 31.1 Å². The number of hydrogen-bond acceptors (Lipinski definition) is 3. The molecule has 1 saturated carbocycles. The van der Waals surface area contributed by atoms with Crippen molar-refractivity contribution < 1.29 is 9.21 Å². The highest BCUT2D eigenvalue weighted by atomic mass is 16.3. The second-order valence-corrected chi connectivity index (χ2v) is 7.15. The van der Waals surface area contributed by atoms with Crippen LogP contribution in [-0.2, 0) is 5.41 Å². The van der Waals surface area contributed by atoms with E-state index in [4.69, 9.17) is 4.42 Å². The van der Waals surface area contributed by atoms with Crippen molar-refractivity contribution in [3.05, 3.63) is 60.1 Å². The molecule has 1 aliphatic heterocycles. The van der Waals surface area contributed by atoms with Gasteiger partial charge in [-0.3, -0.25) is 4.79 Å². The smallest absolute Gasteiger partial charge is 0.287 e. The lowest BCUT2D eigenvalue weighted by atomic mass is 9.94. The Morgan fingerprint density at radius 3 is 2.50 bits per heavy atom. The SMILES string of the molecule is O=C(NC1CCN(CC2(c3ccccc3)CC2)CC1)c1ccco1. The van der Waals surface area contributed by atoms with Crippen molar-refractivity contribution in [1.82, 2.24) is 10.2 Å². The largest absolute Gasteiger partial charge is 0.459 e. The molecule has 4 rings (SSSR count). The Morgan fingerprint density at radius 1 is 1.12 bits per heavy atom. The molecule has 0 radical (unpaired) electrons. The van der Waals surface area contributed by atoms with Crippen LogP contribution in [0.1, 0.15) is 41.8 Å². The van der Waals surface area contributed by atoms with Gasteiger partial charge >= 0.3 is 0 Å². The Labute approximate surface area is 142 Å². The van der Waals surface area contributed by atoms with Gasteiger partial charge < -0.3 is 14.6 Å². The molecular formula is C20H24N2O2. The number of likely N-dealkylation sites (tertiary alicyclic amines) is 1. The quantitative estimate of drug-likeness (QED) is 0.918. The molecule has 1 aromatic carbocycles. The van der Waals surface area contributed by atoms with E-state index in [-0.39, 0.29) is 11.9 Å². The molecule has 4 heteroatoms. The van der Waals surface area contributed by atoms with Crippen LogP contribution in [0, 0.1) is 0 Å². The summed E-state index contributed by atoms with van der Waals surface area (Å²) in [7, 11) is 0. The third-order valence-corrected chi connectivity index (χ3v) is 5.43. The predicted octanol–water partition coefficient (Wildman–Crippen LogP) is 3.21. The van der Waals surface area contributed by atoms with Gasteiger partial charge in [0.25, 0.3) is 5.91 Å². The van der Waals surface area contributed by atoms with Crippen LogP contribution in [-0.4, -0.2) is 36.5 Å². The van der Waals surface area contributed by atoms with Crippen LogP contribution in [0.3, 0.4) is 0 Å². The topological polar surface area (TPSA) is 45.5 Å².